The van der Waals surface area contributed by atoms with E-state index < -0.39 is 17.5 Å². The van der Waals surface area contributed by atoms with E-state index in [0.29, 0.717) is 0 Å². The average Bonchev–Trinajstić information content (AvgIpc) is 2.77. The molecule has 8 heteroatoms. The number of nitrogens with two attached hydrogens (primary N) is 1. The van der Waals surface area contributed by atoms with Gasteiger partial charge in [-0.15, -0.1) is 10.2 Å². The van der Waals surface area contributed by atoms with E-state index in [1.165, 1.54) is 0 Å². The zero-order valence-electron chi connectivity index (χ0n) is 8.98. The van der Waals surface area contributed by atoms with E-state index in [9.17, 15) is 13.6 Å². The molecule has 1 amide bonds. The molecule has 0 bridgehead atoms. The summed E-state index contributed by atoms with van der Waals surface area (Å²) in [5, 5.41) is 9.65. The summed E-state index contributed by atoms with van der Waals surface area (Å²) >= 11 is 0.914. The molecule has 1 heterocycles. The molecular formula is C10H8F2N4OS. The molecule has 0 saturated heterocycles. The maximum atomic E-state index is 13.3. The van der Waals surface area contributed by atoms with Crippen LogP contribution in [-0.4, -0.2) is 16.1 Å². The summed E-state index contributed by atoms with van der Waals surface area (Å²) in [5.74, 6) is -1.69. The number of rotatable bonds is 3. The fourth-order valence-electron chi connectivity index (χ4n) is 1.26. The molecule has 0 radical (unpaired) electrons. The summed E-state index contributed by atoms with van der Waals surface area (Å²) in [6.07, 6.45) is 0. The molecule has 0 aliphatic carbocycles. The van der Waals surface area contributed by atoms with E-state index in [0.717, 1.165) is 29.5 Å². The molecule has 3 N–H and O–H groups in total. The quantitative estimate of drug-likeness (QED) is 0.881. The van der Waals surface area contributed by atoms with E-state index in [2.05, 4.69) is 15.5 Å². The smallest absolute Gasteiger partial charge is 0.282 e. The van der Waals surface area contributed by atoms with Crippen LogP contribution in [0.1, 0.15) is 15.4 Å². The normalized spacial score (nSPS) is 10.3. The van der Waals surface area contributed by atoms with E-state index >= 15 is 0 Å². The van der Waals surface area contributed by atoms with Gasteiger partial charge < -0.3 is 11.1 Å². The van der Waals surface area contributed by atoms with Crippen LogP contribution in [0.15, 0.2) is 18.2 Å². The number of amides is 1. The highest BCUT2D eigenvalue weighted by molar-refractivity contribution is 7.16. The van der Waals surface area contributed by atoms with Crippen molar-refractivity contribution in [3.63, 3.8) is 0 Å². The predicted molar refractivity (Wildman–Crippen MR) is 61.8 cm³/mol. The highest BCUT2D eigenvalue weighted by Gasteiger charge is 2.12. The highest BCUT2D eigenvalue weighted by atomic mass is 32.1. The van der Waals surface area contributed by atoms with Gasteiger partial charge in [-0.1, -0.05) is 11.3 Å². The third-order valence-corrected chi connectivity index (χ3v) is 2.83. The van der Waals surface area contributed by atoms with Gasteiger partial charge in [0.25, 0.3) is 5.91 Å². The van der Waals surface area contributed by atoms with Crippen molar-refractivity contribution in [2.24, 2.45) is 0 Å². The van der Waals surface area contributed by atoms with E-state index in [-0.39, 0.29) is 22.2 Å². The highest BCUT2D eigenvalue weighted by Crippen LogP contribution is 2.12. The Kier molecular flexibility index (Phi) is 3.47. The lowest BCUT2D eigenvalue weighted by molar-refractivity contribution is 0.0949. The van der Waals surface area contributed by atoms with Crippen molar-refractivity contribution in [1.82, 2.24) is 15.5 Å². The SMILES string of the molecule is Nc1nnc(C(=O)NCc2cc(F)ccc2F)s1. The predicted octanol–water partition coefficient (Wildman–Crippen LogP) is 1.33. The molecule has 0 aliphatic rings. The maximum Gasteiger partial charge on any atom is 0.282 e. The van der Waals surface area contributed by atoms with Crippen molar-refractivity contribution in [2.45, 2.75) is 6.54 Å². The first-order chi connectivity index (χ1) is 8.56. The third-order valence-electron chi connectivity index (χ3n) is 2.08. The molecule has 0 spiro atoms. The molecule has 1 aromatic carbocycles. The number of halogens is 2. The van der Waals surface area contributed by atoms with Crippen molar-refractivity contribution < 1.29 is 13.6 Å². The first-order valence-electron chi connectivity index (χ1n) is 4.87. The third kappa shape index (κ3) is 2.77. The first-order valence-corrected chi connectivity index (χ1v) is 5.69. The Balaban J connectivity index is 2.03. The van der Waals surface area contributed by atoms with Gasteiger partial charge in [-0.05, 0) is 18.2 Å². The molecule has 2 rings (SSSR count). The second kappa shape index (κ2) is 5.05. The number of carbonyl (C=O) groups is 1. The molecular weight excluding hydrogens is 262 g/mol. The summed E-state index contributed by atoms with van der Waals surface area (Å²) in [6, 6.07) is 3.02. The van der Waals surface area contributed by atoms with Crippen molar-refractivity contribution in [2.75, 3.05) is 5.73 Å². The molecule has 2 aromatic rings. The Morgan fingerprint density at radius 1 is 1.39 bits per heavy atom. The largest absolute Gasteiger partial charge is 0.374 e. The lowest BCUT2D eigenvalue weighted by Gasteiger charge is -2.04. The molecule has 0 saturated carbocycles. The van der Waals surface area contributed by atoms with Gasteiger partial charge in [0.1, 0.15) is 11.6 Å². The van der Waals surface area contributed by atoms with E-state index in [1.54, 1.807) is 0 Å². The van der Waals surface area contributed by atoms with Crippen LogP contribution in [-0.2, 0) is 6.54 Å². The summed E-state index contributed by atoms with van der Waals surface area (Å²) in [4.78, 5) is 11.6. The number of aromatic nitrogens is 2. The van der Waals surface area contributed by atoms with Crippen LogP contribution in [0, 0.1) is 11.6 Å². The molecule has 0 atom stereocenters. The van der Waals surface area contributed by atoms with Gasteiger partial charge in [-0.25, -0.2) is 8.78 Å². The van der Waals surface area contributed by atoms with Gasteiger partial charge in [0.15, 0.2) is 0 Å². The standard InChI is InChI=1S/C10H8F2N4OS/c11-6-1-2-7(12)5(3-6)4-14-8(17)9-15-16-10(13)18-9/h1-3H,4H2,(H2,13,16)(H,14,17). The van der Waals surface area contributed by atoms with Gasteiger partial charge in [0.05, 0.1) is 0 Å². The molecule has 0 unspecified atom stereocenters. The minimum absolute atomic E-state index is 0.0563. The number of anilines is 1. The number of nitrogens with one attached hydrogen (secondary N) is 1. The summed E-state index contributed by atoms with van der Waals surface area (Å²) < 4.78 is 26.1. The van der Waals surface area contributed by atoms with Gasteiger partial charge in [-0.3, -0.25) is 4.79 Å². The second-order valence-corrected chi connectivity index (χ2v) is 4.37. The fourth-order valence-corrected chi connectivity index (χ4v) is 1.78. The van der Waals surface area contributed by atoms with Crippen LogP contribution in [0.25, 0.3) is 0 Å². The van der Waals surface area contributed by atoms with E-state index in [1.807, 2.05) is 0 Å². The van der Waals surface area contributed by atoms with Crippen LogP contribution >= 0.6 is 11.3 Å². The minimum atomic E-state index is -0.589. The van der Waals surface area contributed by atoms with Crippen LogP contribution in [0.4, 0.5) is 13.9 Å². The molecule has 5 nitrogen and oxygen atoms in total. The molecule has 0 fully saturated rings. The average molecular weight is 270 g/mol. The number of carbonyl (C=O) groups excluding carboxylic acids is 1. The number of nitrogens with zero attached hydrogens (tertiary/aromatic N) is 2. The summed E-state index contributed by atoms with van der Waals surface area (Å²) in [7, 11) is 0. The van der Waals surface area contributed by atoms with Crippen molar-refractivity contribution in [3.8, 4) is 0 Å². The Morgan fingerprint density at radius 3 is 2.83 bits per heavy atom. The fraction of sp³-hybridized carbons (Fsp3) is 0.100. The Hall–Kier alpha value is -2.09. The van der Waals surface area contributed by atoms with Crippen LogP contribution in [0.5, 0.6) is 0 Å². The first kappa shape index (κ1) is 12.4. The maximum absolute atomic E-state index is 13.3. The van der Waals surface area contributed by atoms with Crippen molar-refractivity contribution >= 4 is 22.4 Å². The number of nitrogen functional groups attached to an aromatic ring is 1. The van der Waals surface area contributed by atoms with E-state index in [4.69, 9.17) is 5.73 Å². The lowest BCUT2D eigenvalue weighted by Crippen LogP contribution is -2.23. The topological polar surface area (TPSA) is 80.9 Å². The van der Waals surface area contributed by atoms with Crippen LogP contribution in [0.3, 0.4) is 0 Å². The number of hydrogen-bond donors (Lipinski definition) is 2. The monoisotopic (exact) mass is 270 g/mol. The lowest BCUT2D eigenvalue weighted by atomic mass is 10.2. The Morgan fingerprint density at radius 2 is 2.17 bits per heavy atom. The van der Waals surface area contributed by atoms with Crippen molar-refractivity contribution in [1.29, 1.82) is 0 Å². The van der Waals surface area contributed by atoms with Crippen LogP contribution < -0.4 is 11.1 Å². The zero-order chi connectivity index (χ0) is 13.1. The zero-order valence-corrected chi connectivity index (χ0v) is 9.80. The van der Waals surface area contributed by atoms with Gasteiger partial charge >= 0.3 is 0 Å². The van der Waals surface area contributed by atoms with Gasteiger partial charge in [-0.2, -0.15) is 0 Å². The Labute approximate surface area is 105 Å². The van der Waals surface area contributed by atoms with Crippen LogP contribution in [0.2, 0.25) is 0 Å². The van der Waals surface area contributed by atoms with Crippen molar-refractivity contribution in [3.05, 3.63) is 40.4 Å². The molecule has 94 valence electrons. The summed E-state index contributed by atoms with van der Waals surface area (Å²) in [5.41, 5.74) is 5.38. The number of benzene rings is 1. The molecule has 0 aliphatic heterocycles. The molecule has 1 aromatic heterocycles. The summed E-state index contributed by atoms with van der Waals surface area (Å²) in [6.45, 7) is -0.137. The van der Waals surface area contributed by atoms with Gasteiger partial charge in [0, 0.05) is 12.1 Å². The second-order valence-electron chi connectivity index (χ2n) is 3.36. The Bertz CT molecular complexity index is 587. The number of hydrogen-bond acceptors (Lipinski definition) is 5. The van der Waals surface area contributed by atoms with Gasteiger partial charge in [0.2, 0.25) is 10.1 Å². The minimum Gasteiger partial charge on any atom is -0.374 e. The molecule has 18 heavy (non-hydrogen) atoms.